The highest BCUT2D eigenvalue weighted by Crippen LogP contribution is 2.24. The van der Waals surface area contributed by atoms with E-state index in [1.54, 1.807) is 0 Å². The van der Waals surface area contributed by atoms with Crippen molar-refractivity contribution >= 4 is 28.7 Å². The van der Waals surface area contributed by atoms with Crippen LogP contribution in [0.1, 0.15) is 6.42 Å². The predicted octanol–water partition coefficient (Wildman–Crippen LogP) is 0.0975. The molecule has 4 nitrogen and oxygen atoms in total. The maximum absolute atomic E-state index is 11.5. The summed E-state index contributed by atoms with van der Waals surface area (Å²) in [5.41, 5.74) is 0. The second-order valence-corrected chi connectivity index (χ2v) is 4.09. The van der Waals surface area contributed by atoms with E-state index in [9.17, 15) is 9.59 Å². The lowest BCUT2D eigenvalue weighted by molar-refractivity contribution is -0.124. The fourth-order valence-corrected chi connectivity index (χ4v) is 2.26. The van der Waals surface area contributed by atoms with Gasteiger partial charge < -0.3 is 0 Å². The molecule has 0 radical (unpaired) electrons. The Kier molecular flexibility index (Phi) is 2.30. The Labute approximate surface area is 85.7 Å². The molecule has 72 valence electrons. The first-order valence-electron chi connectivity index (χ1n) is 4.21. The van der Waals surface area contributed by atoms with Crippen molar-refractivity contribution in [3.8, 4) is 12.3 Å². The van der Waals surface area contributed by atoms with E-state index in [2.05, 4.69) is 10.9 Å². The molecule has 2 rings (SSSR count). The number of aliphatic imine (C=N–C) groups is 1. The van der Waals surface area contributed by atoms with Crippen LogP contribution in [0.4, 0.5) is 0 Å². The molecular weight excluding hydrogens is 200 g/mol. The van der Waals surface area contributed by atoms with Crippen LogP contribution in [0, 0.1) is 18.3 Å². The number of thioether (sulfide) groups is 1. The van der Waals surface area contributed by atoms with Crippen molar-refractivity contribution in [3.63, 3.8) is 0 Å². The van der Waals surface area contributed by atoms with E-state index in [0.29, 0.717) is 23.9 Å². The zero-order valence-corrected chi connectivity index (χ0v) is 8.21. The molecule has 0 spiro atoms. The van der Waals surface area contributed by atoms with Crippen molar-refractivity contribution in [2.75, 3.05) is 12.3 Å². The largest absolute Gasteiger partial charge is 0.290 e. The molecule has 1 saturated heterocycles. The Balaban J connectivity index is 2.14. The van der Waals surface area contributed by atoms with E-state index in [4.69, 9.17) is 6.42 Å². The van der Waals surface area contributed by atoms with Crippen LogP contribution in [0.2, 0.25) is 0 Å². The average molecular weight is 208 g/mol. The van der Waals surface area contributed by atoms with Crippen LogP contribution in [-0.2, 0) is 9.59 Å². The van der Waals surface area contributed by atoms with Gasteiger partial charge in [0.1, 0.15) is 0 Å². The number of carbonyl (C=O) groups is 2. The van der Waals surface area contributed by atoms with Gasteiger partial charge in [-0.2, -0.15) is 4.99 Å². The third-order valence-electron chi connectivity index (χ3n) is 2.14. The summed E-state index contributed by atoms with van der Waals surface area (Å²) in [6, 6.07) is 0. The minimum Gasteiger partial charge on any atom is -0.290 e. The molecule has 5 heteroatoms. The number of rotatable bonds is 0. The summed E-state index contributed by atoms with van der Waals surface area (Å²) >= 11 is 1.30. The first-order chi connectivity index (χ1) is 6.70. The Morgan fingerprint density at radius 2 is 2.36 bits per heavy atom. The third kappa shape index (κ3) is 1.53. The van der Waals surface area contributed by atoms with Crippen LogP contribution >= 0.6 is 11.8 Å². The van der Waals surface area contributed by atoms with Crippen molar-refractivity contribution < 1.29 is 9.59 Å². The van der Waals surface area contributed by atoms with E-state index < -0.39 is 0 Å². The SMILES string of the molecule is C#CC1CC(=O)N(C2=NC(=O)CS2)C1. The average Bonchev–Trinajstić information content (AvgIpc) is 2.71. The van der Waals surface area contributed by atoms with Gasteiger partial charge in [-0.3, -0.25) is 14.5 Å². The quantitative estimate of drug-likeness (QED) is 0.530. The lowest BCUT2D eigenvalue weighted by Crippen LogP contribution is -2.29. The van der Waals surface area contributed by atoms with Crippen molar-refractivity contribution in [2.24, 2.45) is 10.9 Å². The summed E-state index contributed by atoms with van der Waals surface area (Å²) in [5.74, 6) is 2.63. The number of likely N-dealkylation sites (tertiary alicyclic amines) is 1. The molecule has 1 unspecified atom stereocenters. The van der Waals surface area contributed by atoms with Crippen molar-refractivity contribution in [2.45, 2.75) is 6.42 Å². The molecule has 1 fully saturated rings. The summed E-state index contributed by atoms with van der Waals surface area (Å²) < 4.78 is 0. The van der Waals surface area contributed by atoms with Gasteiger partial charge in [-0.05, 0) is 0 Å². The smallest absolute Gasteiger partial charge is 0.258 e. The van der Waals surface area contributed by atoms with Gasteiger partial charge in [0, 0.05) is 18.9 Å². The topological polar surface area (TPSA) is 49.7 Å². The van der Waals surface area contributed by atoms with Crippen LogP contribution in [0.15, 0.2) is 4.99 Å². The Morgan fingerprint density at radius 1 is 1.57 bits per heavy atom. The molecule has 0 bridgehead atoms. The fourth-order valence-electron chi connectivity index (χ4n) is 1.44. The van der Waals surface area contributed by atoms with E-state index in [0.717, 1.165) is 0 Å². The van der Waals surface area contributed by atoms with E-state index in [-0.39, 0.29) is 17.7 Å². The zero-order valence-electron chi connectivity index (χ0n) is 7.40. The molecule has 2 aliphatic heterocycles. The summed E-state index contributed by atoms with van der Waals surface area (Å²) in [5, 5.41) is 0.512. The predicted molar refractivity (Wildman–Crippen MR) is 53.6 cm³/mol. The second kappa shape index (κ2) is 3.46. The summed E-state index contributed by atoms with van der Waals surface area (Å²) in [6.45, 7) is 0.494. The number of hydrogen-bond acceptors (Lipinski definition) is 3. The lowest BCUT2D eigenvalue weighted by Gasteiger charge is -2.13. The maximum Gasteiger partial charge on any atom is 0.258 e. The zero-order chi connectivity index (χ0) is 10.1. The Morgan fingerprint density at radius 3 is 2.86 bits per heavy atom. The van der Waals surface area contributed by atoms with Crippen LogP contribution < -0.4 is 0 Å². The minimum absolute atomic E-state index is 0.0334. The van der Waals surface area contributed by atoms with E-state index in [1.807, 2.05) is 0 Å². The molecule has 0 saturated carbocycles. The summed E-state index contributed by atoms with van der Waals surface area (Å²) in [6.07, 6.45) is 5.61. The lowest BCUT2D eigenvalue weighted by atomic mass is 10.1. The number of carbonyl (C=O) groups excluding carboxylic acids is 2. The van der Waals surface area contributed by atoms with Crippen LogP contribution in [0.3, 0.4) is 0 Å². The van der Waals surface area contributed by atoms with Crippen LogP contribution in [0.5, 0.6) is 0 Å². The third-order valence-corrected chi connectivity index (χ3v) is 3.10. The van der Waals surface area contributed by atoms with Crippen LogP contribution in [0.25, 0.3) is 0 Å². The standard InChI is InChI=1S/C9H8N2O2S/c1-2-6-3-8(13)11(4-6)9-10-7(12)5-14-9/h1,6H,3-5H2. The fraction of sp³-hybridized carbons (Fsp3) is 0.444. The van der Waals surface area contributed by atoms with Gasteiger partial charge in [-0.25, -0.2) is 0 Å². The van der Waals surface area contributed by atoms with Gasteiger partial charge in [0.15, 0.2) is 5.17 Å². The van der Waals surface area contributed by atoms with Crippen molar-refractivity contribution in [1.29, 1.82) is 0 Å². The van der Waals surface area contributed by atoms with Gasteiger partial charge in [0.05, 0.1) is 5.75 Å². The Bertz CT molecular complexity index is 369. The molecule has 1 atom stereocenters. The Hall–Kier alpha value is -1.28. The molecule has 0 aromatic rings. The molecule has 14 heavy (non-hydrogen) atoms. The molecule has 2 aliphatic rings. The highest BCUT2D eigenvalue weighted by Gasteiger charge is 2.34. The first-order valence-corrected chi connectivity index (χ1v) is 5.20. The monoisotopic (exact) mass is 208 g/mol. The number of nitrogens with zero attached hydrogens (tertiary/aromatic N) is 2. The normalized spacial score (nSPS) is 26.6. The van der Waals surface area contributed by atoms with Crippen molar-refractivity contribution in [1.82, 2.24) is 4.90 Å². The highest BCUT2D eigenvalue weighted by molar-refractivity contribution is 8.14. The molecule has 2 heterocycles. The second-order valence-electron chi connectivity index (χ2n) is 3.15. The van der Waals surface area contributed by atoms with Crippen LogP contribution in [-0.4, -0.2) is 34.2 Å². The number of terminal acetylenes is 1. The summed E-state index contributed by atoms with van der Waals surface area (Å²) in [7, 11) is 0. The van der Waals surface area contributed by atoms with Gasteiger partial charge in [-0.15, -0.1) is 12.3 Å². The number of amides is 2. The molecule has 2 amide bonds. The van der Waals surface area contributed by atoms with E-state index >= 15 is 0 Å². The van der Waals surface area contributed by atoms with E-state index in [1.165, 1.54) is 16.7 Å². The summed E-state index contributed by atoms with van der Waals surface area (Å²) in [4.78, 5) is 27.6. The molecule has 0 aromatic carbocycles. The molecule has 0 aromatic heterocycles. The molecular formula is C9H8N2O2S. The highest BCUT2D eigenvalue weighted by atomic mass is 32.2. The van der Waals surface area contributed by atoms with Gasteiger partial charge in [0.2, 0.25) is 5.91 Å². The van der Waals surface area contributed by atoms with Crippen molar-refractivity contribution in [3.05, 3.63) is 0 Å². The molecule has 0 N–H and O–H groups in total. The maximum atomic E-state index is 11.5. The number of amidine groups is 1. The minimum atomic E-state index is -0.179. The van der Waals surface area contributed by atoms with Gasteiger partial charge in [-0.1, -0.05) is 11.8 Å². The van der Waals surface area contributed by atoms with Gasteiger partial charge in [0.25, 0.3) is 5.91 Å². The number of hydrogen-bond donors (Lipinski definition) is 0. The first kappa shape index (κ1) is 9.28. The van der Waals surface area contributed by atoms with Gasteiger partial charge >= 0.3 is 0 Å². The molecule has 0 aliphatic carbocycles.